The number of furan rings is 1. The SMILES string of the molecule is Cc1nc(NC2CN(c3ccncc3)C2)cc(-c2ccoc2)n1.O=C(O)C(F)(F)F. The molecule has 0 saturated carbocycles. The van der Waals surface area contributed by atoms with E-state index in [1.165, 1.54) is 5.69 Å². The zero-order chi connectivity index (χ0) is 21.7. The minimum atomic E-state index is -5.08. The number of aryl methyl sites for hydroxylation is 1. The van der Waals surface area contributed by atoms with Crippen molar-refractivity contribution in [1.29, 1.82) is 0 Å². The van der Waals surface area contributed by atoms with Gasteiger partial charge in [0.1, 0.15) is 11.6 Å². The topological polar surface area (TPSA) is 104 Å². The van der Waals surface area contributed by atoms with E-state index in [2.05, 4.69) is 25.2 Å². The highest BCUT2D eigenvalue weighted by molar-refractivity contribution is 5.73. The van der Waals surface area contributed by atoms with Crippen LogP contribution in [0.1, 0.15) is 5.82 Å². The maximum absolute atomic E-state index is 10.6. The molecule has 0 aromatic carbocycles. The van der Waals surface area contributed by atoms with E-state index in [9.17, 15) is 13.2 Å². The molecule has 1 fully saturated rings. The van der Waals surface area contributed by atoms with Crippen LogP contribution in [0.15, 0.2) is 53.6 Å². The third kappa shape index (κ3) is 5.46. The number of halogens is 3. The molecular formula is C19H18F3N5O3. The van der Waals surface area contributed by atoms with Gasteiger partial charge >= 0.3 is 12.1 Å². The molecule has 3 aromatic rings. The Morgan fingerprint density at radius 2 is 1.90 bits per heavy atom. The number of carboxylic acids is 1. The number of alkyl halides is 3. The van der Waals surface area contributed by atoms with Crippen LogP contribution < -0.4 is 10.2 Å². The van der Waals surface area contributed by atoms with Crippen LogP contribution in [0.3, 0.4) is 0 Å². The first-order chi connectivity index (χ1) is 14.2. The Morgan fingerprint density at radius 3 is 2.47 bits per heavy atom. The lowest BCUT2D eigenvalue weighted by molar-refractivity contribution is -0.192. The molecule has 30 heavy (non-hydrogen) atoms. The molecule has 0 spiro atoms. The lowest BCUT2D eigenvalue weighted by atomic mass is 10.1. The van der Waals surface area contributed by atoms with Crippen molar-refractivity contribution < 1.29 is 27.5 Å². The molecule has 0 atom stereocenters. The van der Waals surface area contributed by atoms with Crippen molar-refractivity contribution in [2.45, 2.75) is 19.1 Å². The zero-order valence-corrected chi connectivity index (χ0v) is 15.8. The van der Waals surface area contributed by atoms with Gasteiger partial charge in [-0.25, -0.2) is 14.8 Å². The van der Waals surface area contributed by atoms with Gasteiger partial charge < -0.3 is 19.7 Å². The van der Waals surface area contributed by atoms with Gasteiger partial charge in [0.05, 0.1) is 24.3 Å². The molecule has 3 aromatic heterocycles. The number of hydrogen-bond acceptors (Lipinski definition) is 7. The van der Waals surface area contributed by atoms with E-state index in [1.807, 2.05) is 43.6 Å². The molecule has 11 heteroatoms. The normalized spacial score (nSPS) is 13.8. The summed E-state index contributed by atoms with van der Waals surface area (Å²) in [6.45, 7) is 3.81. The lowest BCUT2D eigenvalue weighted by Crippen LogP contribution is -2.55. The summed E-state index contributed by atoms with van der Waals surface area (Å²) >= 11 is 0. The first-order valence-electron chi connectivity index (χ1n) is 8.82. The Morgan fingerprint density at radius 1 is 1.23 bits per heavy atom. The molecule has 1 aliphatic heterocycles. The number of aromatic nitrogens is 3. The van der Waals surface area contributed by atoms with Crippen LogP contribution in [-0.2, 0) is 4.79 Å². The first-order valence-corrected chi connectivity index (χ1v) is 8.82. The van der Waals surface area contributed by atoms with Gasteiger partial charge in [0.25, 0.3) is 0 Å². The Balaban J connectivity index is 0.000000318. The summed E-state index contributed by atoms with van der Waals surface area (Å²) < 4.78 is 36.9. The van der Waals surface area contributed by atoms with E-state index in [-0.39, 0.29) is 0 Å². The highest BCUT2D eigenvalue weighted by Crippen LogP contribution is 2.24. The Labute approximate surface area is 169 Å². The zero-order valence-electron chi connectivity index (χ0n) is 15.8. The molecule has 0 aliphatic carbocycles. The van der Waals surface area contributed by atoms with Crippen LogP contribution in [0, 0.1) is 6.92 Å². The third-order valence-corrected chi connectivity index (χ3v) is 4.16. The van der Waals surface area contributed by atoms with Gasteiger partial charge in [-0.1, -0.05) is 0 Å². The van der Waals surface area contributed by atoms with Gasteiger partial charge in [0.2, 0.25) is 0 Å². The first kappa shape index (κ1) is 21.1. The molecule has 0 radical (unpaired) electrons. The number of hydrogen-bond donors (Lipinski definition) is 2. The fourth-order valence-corrected chi connectivity index (χ4v) is 2.74. The molecular weight excluding hydrogens is 403 g/mol. The molecule has 158 valence electrons. The van der Waals surface area contributed by atoms with Gasteiger partial charge in [0.15, 0.2) is 0 Å². The summed E-state index contributed by atoms with van der Waals surface area (Å²) in [6.07, 6.45) is 1.90. The van der Waals surface area contributed by atoms with Gasteiger partial charge in [-0.2, -0.15) is 13.2 Å². The summed E-state index contributed by atoms with van der Waals surface area (Å²) in [6, 6.07) is 8.31. The molecule has 4 rings (SSSR count). The molecule has 0 bridgehead atoms. The molecule has 8 nitrogen and oxygen atoms in total. The number of carboxylic acid groups (broad SMARTS) is 1. The predicted octanol–water partition coefficient (Wildman–Crippen LogP) is 3.37. The Bertz CT molecular complexity index is 975. The van der Waals surface area contributed by atoms with Crippen LogP contribution in [0.2, 0.25) is 0 Å². The largest absolute Gasteiger partial charge is 0.490 e. The number of anilines is 2. The molecule has 0 unspecified atom stereocenters. The third-order valence-electron chi connectivity index (χ3n) is 4.16. The van der Waals surface area contributed by atoms with E-state index < -0.39 is 12.1 Å². The van der Waals surface area contributed by atoms with Crippen LogP contribution in [0.5, 0.6) is 0 Å². The molecule has 4 heterocycles. The molecule has 2 N–H and O–H groups in total. The number of nitrogens with zero attached hydrogens (tertiary/aromatic N) is 4. The minimum Gasteiger partial charge on any atom is -0.475 e. The van der Waals surface area contributed by atoms with Crippen molar-refractivity contribution in [2.75, 3.05) is 23.3 Å². The summed E-state index contributed by atoms with van der Waals surface area (Å²) in [5.74, 6) is -1.16. The lowest BCUT2D eigenvalue weighted by Gasteiger charge is -2.41. The second kappa shape index (κ2) is 8.80. The Kier molecular flexibility index (Phi) is 6.19. The van der Waals surface area contributed by atoms with Crippen LogP contribution in [0.25, 0.3) is 11.3 Å². The number of pyridine rings is 1. The number of rotatable bonds is 4. The van der Waals surface area contributed by atoms with Crippen molar-refractivity contribution in [1.82, 2.24) is 15.0 Å². The van der Waals surface area contributed by atoms with Crippen LogP contribution in [0.4, 0.5) is 24.7 Å². The second-order valence-electron chi connectivity index (χ2n) is 6.45. The molecule has 1 saturated heterocycles. The van der Waals surface area contributed by atoms with Crippen molar-refractivity contribution in [2.24, 2.45) is 0 Å². The fraction of sp³-hybridized carbons (Fsp3) is 0.263. The average Bonchev–Trinajstić information content (AvgIpc) is 3.19. The highest BCUT2D eigenvalue weighted by atomic mass is 19.4. The quantitative estimate of drug-likeness (QED) is 0.661. The van der Waals surface area contributed by atoms with E-state index in [1.54, 1.807) is 12.5 Å². The summed E-state index contributed by atoms with van der Waals surface area (Å²) in [5, 5.41) is 10.6. The maximum atomic E-state index is 10.6. The Hall–Kier alpha value is -3.63. The predicted molar refractivity (Wildman–Crippen MR) is 102 cm³/mol. The summed E-state index contributed by atoms with van der Waals surface area (Å²) in [7, 11) is 0. The summed E-state index contributed by atoms with van der Waals surface area (Å²) in [4.78, 5) is 24.2. The van der Waals surface area contributed by atoms with Crippen LogP contribution >= 0.6 is 0 Å². The van der Waals surface area contributed by atoms with Crippen molar-refractivity contribution in [3.63, 3.8) is 0 Å². The van der Waals surface area contributed by atoms with Crippen molar-refractivity contribution in [3.8, 4) is 11.3 Å². The minimum absolute atomic E-state index is 0.384. The fourth-order valence-electron chi connectivity index (χ4n) is 2.74. The monoisotopic (exact) mass is 421 g/mol. The number of nitrogens with one attached hydrogen (secondary N) is 1. The van der Waals surface area contributed by atoms with Gasteiger partial charge in [-0.05, 0) is 25.1 Å². The smallest absolute Gasteiger partial charge is 0.475 e. The van der Waals surface area contributed by atoms with E-state index in [0.29, 0.717) is 6.04 Å². The van der Waals surface area contributed by atoms with Gasteiger partial charge in [-0.3, -0.25) is 4.98 Å². The molecule has 0 amide bonds. The van der Waals surface area contributed by atoms with E-state index in [4.69, 9.17) is 14.3 Å². The molecule has 1 aliphatic rings. The van der Waals surface area contributed by atoms with E-state index in [0.717, 1.165) is 36.0 Å². The maximum Gasteiger partial charge on any atom is 0.490 e. The van der Waals surface area contributed by atoms with Crippen molar-refractivity contribution in [3.05, 3.63) is 55.0 Å². The highest BCUT2D eigenvalue weighted by Gasteiger charge is 2.38. The number of aliphatic carboxylic acids is 1. The van der Waals surface area contributed by atoms with E-state index >= 15 is 0 Å². The van der Waals surface area contributed by atoms with Crippen LogP contribution in [-0.4, -0.2) is 51.3 Å². The average molecular weight is 421 g/mol. The standard InChI is InChI=1S/C17H17N5O.C2HF3O2/c1-12-19-16(13-4-7-23-11-13)8-17(20-12)21-14-9-22(10-14)15-2-5-18-6-3-15;3-2(4,5)1(6)7/h2-8,11,14H,9-10H2,1H3,(H,19,20,21);(H,6,7). The second-order valence-corrected chi connectivity index (χ2v) is 6.45. The van der Waals surface area contributed by atoms with Crippen molar-refractivity contribution >= 4 is 17.5 Å². The van der Waals surface area contributed by atoms with Gasteiger partial charge in [0, 0.05) is 42.8 Å². The number of carbonyl (C=O) groups is 1. The summed E-state index contributed by atoms with van der Waals surface area (Å²) in [5.41, 5.74) is 3.04. The van der Waals surface area contributed by atoms with Gasteiger partial charge in [-0.15, -0.1) is 0 Å².